The molecule has 1 aromatic rings. The molecule has 1 aliphatic carbocycles. The molecule has 14 heavy (non-hydrogen) atoms. The molecule has 0 aromatic heterocycles. The zero-order valence-electron chi connectivity index (χ0n) is 8.52. The third-order valence-corrected chi connectivity index (χ3v) is 3.75. The molecule has 1 nitrogen and oxygen atoms in total. The third kappa shape index (κ3) is 1.73. The quantitative estimate of drug-likeness (QED) is 0.817. The Labute approximate surface area is 93.8 Å². The van der Waals surface area contributed by atoms with Crippen molar-refractivity contribution in [1.29, 1.82) is 0 Å². The first-order chi connectivity index (χ1) is 6.70. The van der Waals surface area contributed by atoms with Crippen molar-refractivity contribution in [3.8, 4) is 0 Å². The van der Waals surface area contributed by atoms with Gasteiger partial charge in [0, 0.05) is 10.5 Å². The number of benzene rings is 1. The van der Waals surface area contributed by atoms with Gasteiger partial charge in [-0.3, -0.25) is 0 Å². The Hall–Kier alpha value is -0.340. The lowest BCUT2D eigenvalue weighted by Crippen LogP contribution is -2.13. The van der Waals surface area contributed by atoms with Crippen LogP contribution in [0.4, 0.5) is 0 Å². The lowest BCUT2D eigenvalue weighted by Gasteiger charge is -2.22. The molecule has 0 heterocycles. The van der Waals surface area contributed by atoms with Gasteiger partial charge in [-0.05, 0) is 55.4 Å². The number of halogens is 1. The number of hydrogen-bond donors (Lipinski definition) is 1. The van der Waals surface area contributed by atoms with Gasteiger partial charge < -0.3 is 5.73 Å². The monoisotopic (exact) mass is 253 g/mol. The molecule has 1 atom stereocenters. The number of hydrogen-bond acceptors (Lipinski definition) is 1. The van der Waals surface area contributed by atoms with Gasteiger partial charge in [0.25, 0.3) is 0 Å². The average molecular weight is 254 g/mol. The molecule has 0 radical (unpaired) electrons. The van der Waals surface area contributed by atoms with Crippen molar-refractivity contribution < 1.29 is 0 Å². The maximum atomic E-state index is 5.97. The summed E-state index contributed by atoms with van der Waals surface area (Å²) in [5.74, 6) is 0. The van der Waals surface area contributed by atoms with Crippen molar-refractivity contribution in [3.05, 3.63) is 33.3 Å². The Balaban J connectivity index is 2.53. The summed E-state index contributed by atoms with van der Waals surface area (Å²) in [4.78, 5) is 0. The minimum Gasteiger partial charge on any atom is -0.324 e. The van der Waals surface area contributed by atoms with Crippen LogP contribution in [0.15, 0.2) is 16.6 Å². The van der Waals surface area contributed by atoms with Gasteiger partial charge in [-0.25, -0.2) is 0 Å². The molecule has 0 saturated carbocycles. The van der Waals surface area contributed by atoms with Crippen molar-refractivity contribution in [2.24, 2.45) is 5.73 Å². The minimum atomic E-state index is 0.162. The standard InChI is InChI=1S/C12H16BrN/c1-8(14)9-6-7-12(13)11-5-3-2-4-10(9)11/h6-8H,2-5,14H2,1H3/t8-/m0/s1. The third-order valence-electron chi connectivity index (χ3n) is 3.00. The van der Waals surface area contributed by atoms with Crippen molar-refractivity contribution in [3.63, 3.8) is 0 Å². The second kappa shape index (κ2) is 4.03. The lowest BCUT2D eigenvalue weighted by atomic mass is 9.86. The van der Waals surface area contributed by atoms with E-state index in [0.29, 0.717) is 0 Å². The van der Waals surface area contributed by atoms with Crippen LogP contribution in [-0.4, -0.2) is 0 Å². The predicted octanol–water partition coefficient (Wildman–Crippen LogP) is 3.35. The molecule has 76 valence electrons. The fraction of sp³-hybridized carbons (Fsp3) is 0.500. The molecule has 0 fully saturated rings. The van der Waals surface area contributed by atoms with Crippen molar-refractivity contribution in [2.45, 2.75) is 38.6 Å². The molecular formula is C12H16BrN. The van der Waals surface area contributed by atoms with Gasteiger partial charge in [-0.1, -0.05) is 22.0 Å². The summed E-state index contributed by atoms with van der Waals surface area (Å²) in [6, 6.07) is 4.47. The van der Waals surface area contributed by atoms with E-state index in [1.807, 2.05) is 0 Å². The Morgan fingerprint density at radius 2 is 1.86 bits per heavy atom. The summed E-state index contributed by atoms with van der Waals surface area (Å²) in [5, 5.41) is 0. The van der Waals surface area contributed by atoms with E-state index in [9.17, 15) is 0 Å². The first-order valence-corrected chi connectivity index (χ1v) is 6.05. The molecule has 2 heteroatoms. The van der Waals surface area contributed by atoms with E-state index in [1.54, 1.807) is 0 Å². The molecule has 0 amide bonds. The van der Waals surface area contributed by atoms with Crippen LogP contribution in [0.25, 0.3) is 0 Å². The Morgan fingerprint density at radius 1 is 1.21 bits per heavy atom. The van der Waals surface area contributed by atoms with Crippen LogP contribution in [0.1, 0.15) is 42.5 Å². The number of fused-ring (bicyclic) bond motifs is 1. The molecule has 2 rings (SSSR count). The first kappa shape index (κ1) is 10.2. The highest BCUT2D eigenvalue weighted by atomic mass is 79.9. The Morgan fingerprint density at radius 3 is 2.50 bits per heavy atom. The molecular weight excluding hydrogens is 238 g/mol. The number of nitrogens with two attached hydrogens (primary N) is 1. The molecule has 0 bridgehead atoms. The summed E-state index contributed by atoms with van der Waals surface area (Å²) < 4.78 is 1.26. The summed E-state index contributed by atoms with van der Waals surface area (Å²) in [6.07, 6.45) is 5.03. The van der Waals surface area contributed by atoms with Crippen LogP contribution in [0.5, 0.6) is 0 Å². The molecule has 0 unspecified atom stereocenters. The predicted molar refractivity (Wildman–Crippen MR) is 63.4 cm³/mol. The van der Waals surface area contributed by atoms with Crippen molar-refractivity contribution in [2.75, 3.05) is 0 Å². The van der Waals surface area contributed by atoms with Gasteiger partial charge in [0.15, 0.2) is 0 Å². The van der Waals surface area contributed by atoms with Gasteiger partial charge >= 0.3 is 0 Å². The van der Waals surface area contributed by atoms with E-state index in [0.717, 1.165) is 0 Å². The molecule has 1 aromatic carbocycles. The van der Waals surface area contributed by atoms with E-state index < -0.39 is 0 Å². The normalized spacial score (nSPS) is 17.6. The fourth-order valence-electron chi connectivity index (χ4n) is 2.28. The average Bonchev–Trinajstić information content (AvgIpc) is 2.18. The van der Waals surface area contributed by atoms with Crippen LogP contribution in [-0.2, 0) is 12.8 Å². The zero-order valence-corrected chi connectivity index (χ0v) is 10.1. The van der Waals surface area contributed by atoms with Crippen molar-refractivity contribution >= 4 is 15.9 Å². The highest BCUT2D eigenvalue weighted by Gasteiger charge is 2.17. The summed E-state index contributed by atoms with van der Waals surface area (Å²) in [5.41, 5.74) is 10.3. The first-order valence-electron chi connectivity index (χ1n) is 5.26. The summed E-state index contributed by atoms with van der Waals surface area (Å²) in [6.45, 7) is 2.07. The van der Waals surface area contributed by atoms with Gasteiger partial charge in [0.05, 0.1) is 0 Å². The van der Waals surface area contributed by atoms with E-state index in [2.05, 4.69) is 35.0 Å². The Kier molecular flexibility index (Phi) is 2.93. The molecule has 0 aliphatic heterocycles. The second-order valence-corrected chi connectivity index (χ2v) is 4.94. The Bertz CT molecular complexity index is 344. The smallest absolute Gasteiger partial charge is 0.0268 e. The second-order valence-electron chi connectivity index (χ2n) is 4.09. The van der Waals surface area contributed by atoms with Crippen LogP contribution in [0.2, 0.25) is 0 Å². The topological polar surface area (TPSA) is 26.0 Å². The largest absolute Gasteiger partial charge is 0.324 e. The van der Waals surface area contributed by atoms with Crippen LogP contribution >= 0.6 is 15.9 Å². The van der Waals surface area contributed by atoms with Crippen LogP contribution in [0.3, 0.4) is 0 Å². The SMILES string of the molecule is C[C@H](N)c1ccc(Br)c2c1CCCC2. The van der Waals surface area contributed by atoms with E-state index >= 15 is 0 Å². The van der Waals surface area contributed by atoms with Crippen LogP contribution < -0.4 is 5.73 Å². The van der Waals surface area contributed by atoms with Gasteiger partial charge in [-0.15, -0.1) is 0 Å². The molecule has 0 spiro atoms. The summed E-state index contributed by atoms with van der Waals surface area (Å²) in [7, 11) is 0. The maximum Gasteiger partial charge on any atom is 0.0268 e. The van der Waals surface area contributed by atoms with E-state index in [4.69, 9.17) is 5.73 Å². The van der Waals surface area contributed by atoms with Crippen molar-refractivity contribution in [1.82, 2.24) is 0 Å². The highest BCUT2D eigenvalue weighted by Crippen LogP contribution is 2.32. The van der Waals surface area contributed by atoms with Gasteiger partial charge in [0.1, 0.15) is 0 Å². The fourth-order valence-corrected chi connectivity index (χ4v) is 2.85. The lowest BCUT2D eigenvalue weighted by molar-refractivity contribution is 0.664. The molecule has 1 aliphatic rings. The van der Waals surface area contributed by atoms with Gasteiger partial charge in [0.2, 0.25) is 0 Å². The minimum absolute atomic E-state index is 0.162. The number of rotatable bonds is 1. The summed E-state index contributed by atoms with van der Waals surface area (Å²) >= 11 is 3.62. The van der Waals surface area contributed by atoms with E-state index in [1.165, 1.54) is 46.8 Å². The van der Waals surface area contributed by atoms with Crippen LogP contribution in [0, 0.1) is 0 Å². The van der Waals surface area contributed by atoms with Gasteiger partial charge in [-0.2, -0.15) is 0 Å². The van der Waals surface area contributed by atoms with E-state index in [-0.39, 0.29) is 6.04 Å². The maximum absolute atomic E-state index is 5.97. The zero-order chi connectivity index (χ0) is 10.1. The molecule has 2 N–H and O–H groups in total. The molecule has 0 saturated heterocycles. The highest BCUT2D eigenvalue weighted by molar-refractivity contribution is 9.10.